The Morgan fingerprint density at radius 2 is 2.25 bits per heavy atom. The van der Waals surface area contributed by atoms with Gasteiger partial charge in [0, 0.05) is 9.52 Å². The van der Waals surface area contributed by atoms with Crippen molar-refractivity contribution >= 4 is 9.52 Å². The van der Waals surface area contributed by atoms with Crippen LogP contribution in [0.5, 0.6) is 0 Å². The molecule has 12 heavy (non-hydrogen) atoms. The first-order valence-corrected chi connectivity index (χ1v) is 7.37. The van der Waals surface area contributed by atoms with Crippen LogP contribution in [-0.4, -0.2) is 21.7 Å². The van der Waals surface area contributed by atoms with Gasteiger partial charge in [-0.05, 0) is 18.4 Å². The number of unbranched alkanes of at least 4 members (excludes halogenated alkanes) is 1. The average Bonchev–Trinajstić information content (AvgIpc) is 2.83. The van der Waals surface area contributed by atoms with Gasteiger partial charge in [-0.25, -0.2) is 0 Å². The fraction of sp³-hybridized carbons (Fsp3) is 1.00. The van der Waals surface area contributed by atoms with Crippen molar-refractivity contribution in [2.45, 2.75) is 62.8 Å². The van der Waals surface area contributed by atoms with E-state index >= 15 is 0 Å². The molecule has 1 aliphatic carbocycles. The van der Waals surface area contributed by atoms with E-state index in [9.17, 15) is 0 Å². The highest BCUT2D eigenvalue weighted by molar-refractivity contribution is 6.37. The van der Waals surface area contributed by atoms with Crippen LogP contribution < -0.4 is 0 Å². The largest absolute Gasteiger partial charge is 0.370 e. The fourth-order valence-corrected chi connectivity index (χ4v) is 4.89. The molecule has 1 saturated carbocycles. The molecule has 0 aromatic rings. The van der Waals surface area contributed by atoms with E-state index < -0.39 is 0 Å². The predicted octanol–water partition coefficient (Wildman–Crippen LogP) is 2.11. The third-order valence-corrected chi connectivity index (χ3v) is 5.79. The molecule has 0 amide bonds. The number of epoxide rings is 1. The fourth-order valence-electron chi connectivity index (χ4n) is 2.43. The Hall–Kier alpha value is 0.177. The van der Waals surface area contributed by atoms with Crippen molar-refractivity contribution in [3.8, 4) is 0 Å². The third-order valence-electron chi connectivity index (χ3n) is 3.33. The summed E-state index contributed by atoms with van der Waals surface area (Å²) in [5, 5.41) is 0. The molecule has 1 saturated heterocycles. The molecule has 2 rings (SSSR count). The summed E-state index contributed by atoms with van der Waals surface area (Å²) in [7, 11) is 0.269. The summed E-state index contributed by atoms with van der Waals surface area (Å²) in [4.78, 5) is 0. The van der Waals surface area contributed by atoms with Crippen molar-refractivity contribution in [3.05, 3.63) is 0 Å². The number of hydrogen-bond donors (Lipinski definition) is 0. The zero-order chi connectivity index (χ0) is 8.39. The van der Waals surface area contributed by atoms with E-state index in [1.54, 1.807) is 6.04 Å². The Morgan fingerprint density at radius 3 is 3.00 bits per heavy atom. The van der Waals surface area contributed by atoms with Gasteiger partial charge in [-0.15, -0.1) is 0 Å². The Labute approximate surface area is 77.7 Å². The summed E-state index contributed by atoms with van der Waals surface area (Å²) >= 11 is 0. The van der Waals surface area contributed by atoms with Gasteiger partial charge in [0.2, 0.25) is 0 Å². The Kier molecular flexibility index (Phi) is 2.86. The SMILES string of the molecule is CCCC[SiH2]C1CCC2OC2C1. The number of fused-ring (bicyclic) bond motifs is 1. The van der Waals surface area contributed by atoms with E-state index in [2.05, 4.69) is 6.92 Å². The van der Waals surface area contributed by atoms with Crippen LogP contribution in [0, 0.1) is 0 Å². The summed E-state index contributed by atoms with van der Waals surface area (Å²) in [6.07, 6.45) is 8.62. The number of hydrogen-bond acceptors (Lipinski definition) is 1. The molecule has 1 nitrogen and oxygen atoms in total. The van der Waals surface area contributed by atoms with E-state index in [0.717, 1.165) is 11.6 Å². The Balaban J connectivity index is 1.61. The maximum absolute atomic E-state index is 5.54. The van der Waals surface area contributed by atoms with Gasteiger partial charge < -0.3 is 4.74 Å². The van der Waals surface area contributed by atoms with Crippen molar-refractivity contribution in [1.29, 1.82) is 0 Å². The van der Waals surface area contributed by atoms with Crippen LogP contribution >= 0.6 is 0 Å². The van der Waals surface area contributed by atoms with Gasteiger partial charge in [0.1, 0.15) is 0 Å². The second-order valence-corrected chi connectivity index (χ2v) is 6.83. The Morgan fingerprint density at radius 1 is 1.33 bits per heavy atom. The first-order valence-electron chi connectivity index (χ1n) is 5.55. The highest BCUT2D eigenvalue weighted by Crippen LogP contribution is 2.42. The molecular weight excluding hydrogens is 164 g/mol. The van der Waals surface area contributed by atoms with Crippen LogP contribution in [0.1, 0.15) is 39.0 Å². The zero-order valence-electron chi connectivity index (χ0n) is 8.09. The molecule has 70 valence electrons. The summed E-state index contributed by atoms with van der Waals surface area (Å²) in [6, 6.07) is 1.58. The molecule has 3 atom stereocenters. The van der Waals surface area contributed by atoms with Crippen molar-refractivity contribution in [2.75, 3.05) is 0 Å². The lowest BCUT2D eigenvalue weighted by atomic mass is 10.0. The lowest BCUT2D eigenvalue weighted by molar-refractivity contribution is 0.373. The van der Waals surface area contributed by atoms with Crippen molar-refractivity contribution < 1.29 is 4.74 Å². The van der Waals surface area contributed by atoms with E-state index in [1.807, 2.05) is 0 Å². The summed E-state index contributed by atoms with van der Waals surface area (Å²) < 4.78 is 5.54. The first kappa shape index (κ1) is 8.76. The van der Waals surface area contributed by atoms with Gasteiger partial charge in [0.15, 0.2) is 0 Å². The van der Waals surface area contributed by atoms with E-state index in [0.29, 0.717) is 6.10 Å². The summed E-state index contributed by atoms with van der Waals surface area (Å²) in [6.45, 7) is 2.30. The predicted molar refractivity (Wildman–Crippen MR) is 54.5 cm³/mol. The molecule has 0 aromatic carbocycles. The van der Waals surface area contributed by atoms with Crippen LogP contribution in [0.4, 0.5) is 0 Å². The molecule has 3 unspecified atom stereocenters. The highest BCUT2D eigenvalue weighted by Gasteiger charge is 2.43. The molecule has 1 heterocycles. The van der Waals surface area contributed by atoms with Gasteiger partial charge in [-0.3, -0.25) is 0 Å². The highest BCUT2D eigenvalue weighted by atomic mass is 28.2. The molecule has 2 fully saturated rings. The van der Waals surface area contributed by atoms with E-state index in [1.165, 1.54) is 32.1 Å². The van der Waals surface area contributed by atoms with Crippen molar-refractivity contribution in [1.82, 2.24) is 0 Å². The van der Waals surface area contributed by atoms with Crippen LogP contribution in [0.2, 0.25) is 11.6 Å². The smallest absolute Gasteiger partial charge is 0.0841 e. The minimum atomic E-state index is 0.269. The molecule has 0 bridgehead atoms. The summed E-state index contributed by atoms with van der Waals surface area (Å²) in [5.74, 6) is 0. The lowest BCUT2D eigenvalue weighted by Crippen LogP contribution is -2.13. The van der Waals surface area contributed by atoms with E-state index in [-0.39, 0.29) is 9.52 Å². The third kappa shape index (κ3) is 2.11. The van der Waals surface area contributed by atoms with E-state index in [4.69, 9.17) is 4.74 Å². The zero-order valence-corrected chi connectivity index (χ0v) is 9.50. The van der Waals surface area contributed by atoms with Crippen LogP contribution in [0.3, 0.4) is 0 Å². The molecule has 0 aromatic heterocycles. The number of rotatable bonds is 4. The molecule has 0 N–H and O–H groups in total. The molecule has 2 aliphatic rings. The van der Waals surface area contributed by atoms with Crippen molar-refractivity contribution in [3.63, 3.8) is 0 Å². The van der Waals surface area contributed by atoms with Crippen LogP contribution in [0.15, 0.2) is 0 Å². The minimum absolute atomic E-state index is 0.269. The maximum Gasteiger partial charge on any atom is 0.0841 e. The molecule has 1 aliphatic heterocycles. The normalized spacial score (nSPS) is 40.2. The molecular formula is C10H20OSi. The number of ether oxygens (including phenoxy) is 1. The van der Waals surface area contributed by atoms with Crippen molar-refractivity contribution in [2.24, 2.45) is 0 Å². The van der Waals surface area contributed by atoms with Crippen LogP contribution in [-0.2, 0) is 4.74 Å². The molecule has 2 heteroatoms. The van der Waals surface area contributed by atoms with Gasteiger partial charge in [-0.1, -0.05) is 32.2 Å². The first-order chi connectivity index (χ1) is 5.90. The van der Waals surface area contributed by atoms with Gasteiger partial charge in [-0.2, -0.15) is 0 Å². The standard InChI is InChI=1S/C10H20OSi/c1-2-3-6-12-8-4-5-9-10(7-8)11-9/h8-10H,2-7,12H2,1H3. The second kappa shape index (κ2) is 3.92. The Bertz CT molecular complexity index is 149. The van der Waals surface area contributed by atoms with Gasteiger partial charge in [0.05, 0.1) is 12.2 Å². The maximum atomic E-state index is 5.54. The second-order valence-electron chi connectivity index (χ2n) is 4.39. The quantitative estimate of drug-likeness (QED) is 0.370. The average molecular weight is 184 g/mol. The minimum Gasteiger partial charge on any atom is -0.370 e. The molecule has 0 radical (unpaired) electrons. The summed E-state index contributed by atoms with van der Waals surface area (Å²) in [5.41, 5.74) is 1.14. The van der Waals surface area contributed by atoms with Crippen LogP contribution in [0.25, 0.3) is 0 Å². The topological polar surface area (TPSA) is 12.5 Å². The molecule has 0 spiro atoms. The van der Waals surface area contributed by atoms with Gasteiger partial charge in [0.25, 0.3) is 0 Å². The van der Waals surface area contributed by atoms with Gasteiger partial charge >= 0.3 is 0 Å². The lowest BCUT2D eigenvalue weighted by Gasteiger charge is -2.17. The monoisotopic (exact) mass is 184 g/mol.